The van der Waals surface area contributed by atoms with Crippen LogP contribution in [0.15, 0.2) is 23.1 Å². The molecule has 2 N–H and O–H groups in total. The normalized spacial score (nSPS) is 18.4. The van der Waals surface area contributed by atoms with Crippen LogP contribution in [0.1, 0.15) is 31.4 Å². The summed E-state index contributed by atoms with van der Waals surface area (Å²) in [5.74, 6) is 0.913. The van der Waals surface area contributed by atoms with Crippen LogP contribution >= 0.6 is 11.8 Å². The number of β-amino-alcohol motifs (C(OH)–C–C–N with tert-alkyl or cyclic N) is 1. The minimum atomic E-state index is -0.312. The fourth-order valence-corrected chi connectivity index (χ4v) is 3.43. The number of benzene rings is 1. The van der Waals surface area contributed by atoms with E-state index in [9.17, 15) is 5.11 Å². The number of hydrogen-bond acceptors (Lipinski definition) is 5. The van der Waals surface area contributed by atoms with E-state index in [1.165, 1.54) is 18.4 Å². The molecule has 124 valence electrons. The van der Waals surface area contributed by atoms with Crippen molar-refractivity contribution in [1.82, 2.24) is 10.2 Å². The van der Waals surface area contributed by atoms with Crippen LogP contribution < -0.4 is 10.1 Å². The Hall–Kier alpha value is -0.750. The maximum absolute atomic E-state index is 10.2. The second-order valence-corrected chi connectivity index (χ2v) is 6.75. The fraction of sp³-hybridized carbons (Fsp3) is 0.647. The maximum Gasteiger partial charge on any atom is 0.132 e. The van der Waals surface area contributed by atoms with Gasteiger partial charge in [0.05, 0.1) is 13.2 Å². The molecule has 0 bridgehead atoms. The second kappa shape index (κ2) is 8.77. The quantitative estimate of drug-likeness (QED) is 0.720. The van der Waals surface area contributed by atoms with E-state index < -0.39 is 0 Å². The summed E-state index contributed by atoms with van der Waals surface area (Å²) in [5.41, 5.74) is 1.18. The van der Waals surface area contributed by atoms with Gasteiger partial charge in [0.25, 0.3) is 0 Å². The minimum Gasteiger partial charge on any atom is -0.496 e. The summed E-state index contributed by atoms with van der Waals surface area (Å²) in [6.45, 7) is 5.76. The number of nitrogens with zero attached hydrogens (tertiary/aromatic N) is 1. The third-order valence-electron chi connectivity index (χ3n) is 4.23. The molecule has 2 unspecified atom stereocenters. The molecule has 0 amide bonds. The number of thioether (sulfide) groups is 1. The first-order valence-electron chi connectivity index (χ1n) is 7.99. The largest absolute Gasteiger partial charge is 0.496 e. The summed E-state index contributed by atoms with van der Waals surface area (Å²) in [7, 11) is 1.71. The molecule has 5 heteroatoms. The number of methoxy groups -OCH3 is 1. The van der Waals surface area contributed by atoms with Crippen LogP contribution in [-0.4, -0.2) is 55.7 Å². The molecule has 0 aromatic heterocycles. The highest BCUT2D eigenvalue weighted by Crippen LogP contribution is 2.30. The maximum atomic E-state index is 10.2. The summed E-state index contributed by atoms with van der Waals surface area (Å²) in [6.07, 6.45) is 4.26. The molecule has 2 rings (SSSR count). The highest BCUT2D eigenvalue weighted by molar-refractivity contribution is 7.98. The van der Waals surface area contributed by atoms with E-state index in [1.54, 1.807) is 18.9 Å². The van der Waals surface area contributed by atoms with Crippen molar-refractivity contribution in [3.05, 3.63) is 23.8 Å². The summed E-state index contributed by atoms with van der Waals surface area (Å²) in [4.78, 5) is 3.49. The van der Waals surface area contributed by atoms with Crippen LogP contribution in [0.25, 0.3) is 0 Å². The van der Waals surface area contributed by atoms with E-state index >= 15 is 0 Å². The van der Waals surface area contributed by atoms with Crippen molar-refractivity contribution < 1.29 is 9.84 Å². The van der Waals surface area contributed by atoms with Crippen molar-refractivity contribution >= 4 is 11.8 Å². The molecule has 2 atom stereocenters. The van der Waals surface area contributed by atoms with Gasteiger partial charge in [-0.25, -0.2) is 0 Å². The lowest BCUT2D eigenvalue weighted by Gasteiger charge is -2.22. The number of nitrogens with one attached hydrogen (secondary N) is 1. The van der Waals surface area contributed by atoms with Gasteiger partial charge in [-0.15, -0.1) is 11.8 Å². The number of hydrogen-bond donors (Lipinski definition) is 2. The average Bonchev–Trinajstić information content (AvgIpc) is 3.04. The zero-order chi connectivity index (χ0) is 15.9. The Bertz CT molecular complexity index is 464. The molecule has 1 aromatic carbocycles. The summed E-state index contributed by atoms with van der Waals surface area (Å²) in [5, 5.41) is 13.6. The zero-order valence-electron chi connectivity index (χ0n) is 13.8. The van der Waals surface area contributed by atoms with E-state index in [2.05, 4.69) is 35.3 Å². The van der Waals surface area contributed by atoms with E-state index in [4.69, 9.17) is 4.74 Å². The third-order valence-corrected chi connectivity index (χ3v) is 5.01. The van der Waals surface area contributed by atoms with E-state index in [-0.39, 0.29) is 12.1 Å². The SMILES string of the molecule is COc1cc(C(C)NCC(O)CN2CCCC2)ccc1SC. The van der Waals surface area contributed by atoms with Crippen LogP contribution in [0.4, 0.5) is 0 Å². The van der Waals surface area contributed by atoms with Gasteiger partial charge in [-0.2, -0.15) is 0 Å². The monoisotopic (exact) mass is 324 g/mol. The number of aliphatic hydroxyl groups excluding tert-OH is 1. The third kappa shape index (κ3) is 4.88. The Morgan fingerprint density at radius 3 is 2.73 bits per heavy atom. The first kappa shape index (κ1) is 17.6. The summed E-state index contributed by atoms with van der Waals surface area (Å²) < 4.78 is 5.44. The van der Waals surface area contributed by atoms with E-state index in [0.29, 0.717) is 6.54 Å². The summed E-state index contributed by atoms with van der Waals surface area (Å²) >= 11 is 1.69. The van der Waals surface area contributed by atoms with Gasteiger partial charge in [0.1, 0.15) is 5.75 Å². The molecule has 1 heterocycles. The number of likely N-dealkylation sites (tertiary alicyclic amines) is 1. The molecule has 1 aliphatic heterocycles. The van der Waals surface area contributed by atoms with Crippen LogP contribution in [0.5, 0.6) is 5.75 Å². The fourth-order valence-electron chi connectivity index (χ4n) is 2.88. The molecule has 1 aromatic rings. The molecule has 4 nitrogen and oxygen atoms in total. The molecule has 0 spiro atoms. The lowest BCUT2D eigenvalue weighted by atomic mass is 10.1. The molecule has 1 saturated heterocycles. The Labute approximate surface area is 138 Å². The van der Waals surface area contributed by atoms with Crippen LogP contribution in [0, 0.1) is 0 Å². The predicted molar refractivity (Wildman–Crippen MR) is 92.9 cm³/mol. The van der Waals surface area contributed by atoms with Gasteiger partial charge >= 0.3 is 0 Å². The van der Waals surface area contributed by atoms with Gasteiger partial charge in [0.2, 0.25) is 0 Å². The van der Waals surface area contributed by atoms with Gasteiger partial charge in [0.15, 0.2) is 0 Å². The van der Waals surface area contributed by atoms with Crippen molar-refractivity contribution in [1.29, 1.82) is 0 Å². The predicted octanol–water partition coefficient (Wildman–Crippen LogP) is 2.52. The van der Waals surface area contributed by atoms with Crippen molar-refractivity contribution in [3.63, 3.8) is 0 Å². The number of rotatable bonds is 8. The Morgan fingerprint density at radius 1 is 1.36 bits per heavy atom. The zero-order valence-corrected chi connectivity index (χ0v) is 14.7. The first-order chi connectivity index (χ1) is 10.6. The van der Waals surface area contributed by atoms with Crippen LogP contribution in [-0.2, 0) is 0 Å². The first-order valence-corrected chi connectivity index (χ1v) is 9.22. The number of aliphatic hydroxyl groups is 1. The minimum absolute atomic E-state index is 0.193. The lowest BCUT2D eigenvalue weighted by molar-refractivity contribution is 0.121. The Kier molecular flexibility index (Phi) is 7.02. The van der Waals surface area contributed by atoms with Crippen molar-refractivity contribution in [2.75, 3.05) is 39.5 Å². The van der Waals surface area contributed by atoms with Crippen molar-refractivity contribution in [3.8, 4) is 5.75 Å². The van der Waals surface area contributed by atoms with Gasteiger partial charge in [-0.05, 0) is 56.8 Å². The molecular formula is C17H28N2O2S. The van der Waals surface area contributed by atoms with E-state index in [1.807, 2.05) is 6.26 Å². The topological polar surface area (TPSA) is 44.7 Å². The Morgan fingerprint density at radius 2 is 2.09 bits per heavy atom. The molecule has 0 radical (unpaired) electrons. The van der Waals surface area contributed by atoms with Crippen molar-refractivity contribution in [2.45, 2.75) is 36.8 Å². The van der Waals surface area contributed by atoms with Crippen molar-refractivity contribution in [2.24, 2.45) is 0 Å². The smallest absolute Gasteiger partial charge is 0.132 e. The van der Waals surface area contributed by atoms with Gasteiger partial charge in [0, 0.05) is 24.0 Å². The standard InChI is InChI=1S/C17H28N2O2S/c1-13(14-6-7-17(22-3)16(10-14)21-2)18-11-15(20)12-19-8-4-5-9-19/h6-7,10,13,15,18,20H,4-5,8-9,11-12H2,1-3H3. The average molecular weight is 324 g/mol. The van der Waals surface area contributed by atoms with Gasteiger partial charge < -0.3 is 20.1 Å². The lowest BCUT2D eigenvalue weighted by Crippen LogP contribution is -2.37. The molecular weight excluding hydrogens is 296 g/mol. The number of ether oxygens (including phenoxy) is 1. The van der Waals surface area contributed by atoms with Gasteiger partial charge in [-0.1, -0.05) is 6.07 Å². The second-order valence-electron chi connectivity index (χ2n) is 5.91. The van der Waals surface area contributed by atoms with E-state index in [0.717, 1.165) is 30.3 Å². The molecule has 22 heavy (non-hydrogen) atoms. The highest BCUT2D eigenvalue weighted by Gasteiger charge is 2.16. The highest BCUT2D eigenvalue weighted by atomic mass is 32.2. The molecule has 1 aliphatic rings. The molecule has 0 aliphatic carbocycles. The summed E-state index contributed by atoms with van der Waals surface area (Å²) in [6, 6.07) is 6.49. The molecule has 0 saturated carbocycles. The van der Waals surface area contributed by atoms with Gasteiger partial charge in [-0.3, -0.25) is 0 Å². The van der Waals surface area contributed by atoms with Crippen LogP contribution in [0.3, 0.4) is 0 Å². The Balaban J connectivity index is 1.84. The van der Waals surface area contributed by atoms with Crippen LogP contribution in [0.2, 0.25) is 0 Å². The molecule has 1 fully saturated rings.